The van der Waals surface area contributed by atoms with E-state index in [0.29, 0.717) is 19.4 Å². The molecule has 0 aromatic heterocycles. The molecular formula is C17H32N6O7. The molecule has 172 valence electrons. The summed E-state index contributed by atoms with van der Waals surface area (Å²) in [6.45, 7) is 0.975. The third kappa shape index (κ3) is 10.7. The smallest absolute Gasteiger partial charge is 0.325 e. The van der Waals surface area contributed by atoms with Crippen LogP contribution in [0.1, 0.15) is 39.0 Å². The van der Waals surface area contributed by atoms with Gasteiger partial charge in [-0.25, -0.2) is 0 Å². The highest BCUT2D eigenvalue weighted by Crippen LogP contribution is 2.05. The number of aliphatic hydroxyl groups excluding tert-OH is 1. The molecule has 4 amide bonds. The summed E-state index contributed by atoms with van der Waals surface area (Å²) >= 11 is 0. The predicted molar refractivity (Wildman–Crippen MR) is 105 cm³/mol. The summed E-state index contributed by atoms with van der Waals surface area (Å²) < 4.78 is 0. The minimum atomic E-state index is -1.28. The number of hydrogen-bond donors (Lipinski definition) is 8. The van der Waals surface area contributed by atoms with Gasteiger partial charge in [0.1, 0.15) is 24.2 Å². The van der Waals surface area contributed by atoms with Crippen LogP contribution in [0.3, 0.4) is 0 Å². The van der Waals surface area contributed by atoms with Gasteiger partial charge in [-0.15, -0.1) is 0 Å². The number of amides is 4. The van der Waals surface area contributed by atoms with Crippen molar-refractivity contribution in [3.8, 4) is 0 Å². The largest absolute Gasteiger partial charge is 0.480 e. The highest BCUT2D eigenvalue weighted by molar-refractivity contribution is 5.94. The van der Waals surface area contributed by atoms with Gasteiger partial charge in [-0.1, -0.05) is 0 Å². The molecular weight excluding hydrogens is 400 g/mol. The Balaban J connectivity index is 5.33. The standard InChI is InChI=1S/C17H32N6O7/c1-9(17(29)30)21-15(27)11(4-2-3-7-18)23-16(28)12(5-6-13(20)25)22-14(26)10(19)8-24/h9-12,24H,2-8,18-19H2,1H3,(H2,20,25)(H,21,27)(H,22,26)(H,23,28)(H,29,30). The van der Waals surface area contributed by atoms with Gasteiger partial charge in [0.25, 0.3) is 0 Å². The number of rotatable bonds is 15. The second kappa shape index (κ2) is 14.3. The fourth-order valence-corrected chi connectivity index (χ4v) is 2.33. The topological polar surface area (TPSA) is 240 Å². The zero-order valence-electron chi connectivity index (χ0n) is 16.9. The van der Waals surface area contributed by atoms with Gasteiger partial charge in [-0.05, 0) is 39.2 Å². The van der Waals surface area contributed by atoms with Crippen molar-refractivity contribution >= 4 is 29.6 Å². The Bertz CT molecular complexity index is 615. The molecule has 0 fully saturated rings. The fourth-order valence-electron chi connectivity index (χ4n) is 2.33. The summed E-state index contributed by atoms with van der Waals surface area (Å²) in [5.74, 6) is -4.29. The lowest BCUT2D eigenvalue weighted by Gasteiger charge is -2.24. The lowest BCUT2D eigenvalue weighted by Crippen LogP contribution is -2.57. The van der Waals surface area contributed by atoms with E-state index in [4.69, 9.17) is 27.4 Å². The first-order valence-electron chi connectivity index (χ1n) is 9.52. The molecule has 11 N–H and O–H groups in total. The molecule has 0 spiro atoms. The van der Waals surface area contributed by atoms with Gasteiger partial charge in [0, 0.05) is 6.42 Å². The number of unbranched alkanes of at least 4 members (excludes halogenated alkanes) is 1. The molecule has 0 aromatic rings. The Morgan fingerprint density at radius 1 is 0.900 bits per heavy atom. The Kier molecular flexibility index (Phi) is 12.9. The van der Waals surface area contributed by atoms with Crippen LogP contribution in [0.5, 0.6) is 0 Å². The van der Waals surface area contributed by atoms with Gasteiger partial charge in [0.2, 0.25) is 23.6 Å². The second-order valence-corrected chi connectivity index (χ2v) is 6.77. The van der Waals surface area contributed by atoms with E-state index in [1.54, 1.807) is 0 Å². The lowest BCUT2D eigenvalue weighted by molar-refractivity contribution is -0.141. The first-order chi connectivity index (χ1) is 14.0. The van der Waals surface area contributed by atoms with E-state index >= 15 is 0 Å². The van der Waals surface area contributed by atoms with Crippen LogP contribution in [0.15, 0.2) is 0 Å². The van der Waals surface area contributed by atoms with Crippen molar-refractivity contribution in [2.75, 3.05) is 13.2 Å². The quantitative estimate of drug-likeness (QED) is 0.118. The highest BCUT2D eigenvalue weighted by Gasteiger charge is 2.29. The maximum atomic E-state index is 12.7. The summed E-state index contributed by atoms with van der Waals surface area (Å²) in [5.41, 5.74) is 15.9. The van der Waals surface area contributed by atoms with Gasteiger partial charge >= 0.3 is 5.97 Å². The van der Waals surface area contributed by atoms with Gasteiger partial charge in [0.05, 0.1) is 6.61 Å². The number of nitrogens with two attached hydrogens (primary N) is 3. The Morgan fingerprint density at radius 3 is 1.93 bits per heavy atom. The van der Waals surface area contributed by atoms with E-state index < -0.39 is 60.4 Å². The number of nitrogens with one attached hydrogen (secondary N) is 3. The van der Waals surface area contributed by atoms with Crippen LogP contribution in [-0.2, 0) is 24.0 Å². The van der Waals surface area contributed by atoms with Crippen molar-refractivity contribution in [3.05, 3.63) is 0 Å². The number of hydrogen-bond acceptors (Lipinski definition) is 8. The lowest BCUT2D eigenvalue weighted by atomic mass is 10.1. The molecule has 0 saturated heterocycles. The van der Waals surface area contributed by atoms with Crippen molar-refractivity contribution in [3.63, 3.8) is 0 Å². The first kappa shape index (κ1) is 27.2. The van der Waals surface area contributed by atoms with Crippen LogP contribution in [0.4, 0.5) is 0 Å². The summed E-state index contributed by atoms with van der Waals surface area (Å²) in [5, 5.41) is 24.9. The van der Waals surface area contributed by atoms with Crippen LogP contribution in [0.25, 0.3) is 0 Å². The van der Waals surface area contributed by atoms with E-state index in [-0.39, 0.29) is 19.3 Å². The number of aliphatic carboxylic acids is 1. The van der Waals surface area contributed by atoms with Crippen LogP contribution < -0.4 is 33.2 Å². The molecule has 13 heteroatoms. The van der Waals surface area contributed by atoms with E-state index in [0.717, 1.165) is 0 Å². The molecule has 0 bridgehead atoms. The zero-order chi connectivity index (χ0) is 23.3. The number of primary amides is 1. The number of carboxylic acids is 1. The van der Waals surface area contributed by atoms with E-state index in [1.807, 2.05) is 0 Å². The molecule has 0 rings (SSSR count). The fraction of sp³-hybridized carbons (Fsp3) is 0.706. The minimum absolute atomic E-state index is 0.159. The minimum Gasteiger partial charge on any atom is -0.480 e. The van der Waals surface area contributed by atoms with E-state index in [2.05, 4.69) is 16.0 Å². The molecule has 0 aliphatic heterocycles. The van der Waals surface area contributed by atoms with Crippen molar-refractivity contribution in [1.82, 2.24) is 16.0 Å². The Morgan fingerprint density at radius 2 is 1.43 bits per heavy atom. The summed E-state index contributed by atoms with van der Waals surface area (Å²) in [7, 11) is 0. The second-order valence-electron chi connectivity index (χ2n) is 6.77. The van der Waals surface area contributed by atoms with Crippen molar-refractivity contribution in [1.29, 1.82) is 0 Å². The maximum absolute atomic E-state index is 12.7. The third-order valence-electron chi connectivity index (χ3n) is 4.15. The molecule has 30 heavy (non-hydrogen) atoms. The molecule has 0 aliphatic rings. The maximum Gasteiger partial charge on any atom is 0.325 e. The average Bonchev–Trinajstić information content (AvgIpc) is 2.68. The summed E-state index contributed by atoms with van der Waals surface area (Å²) in [6, 6.07) is -4.80. The normalized spacial score (nSPS) is 14.7. The Hall–Kier alpha value is -2.77. The van der Waals surface area contributed by atoms with E-state index in [1.165, 1.54) is 6.92 Å². The number of carbonyl (C=O) groups is 5. The van der Waals surface area contributed by atoms with Crippen molar-refractivity contribution in [2.24, 2.45) is 17.2 Å². The summed E-state index contributed by atoms with van der Waals surface area (Å²) in [4.78, 5) is 59.1. The number of carbonyl (C=O) groups excluding carboxylic acids is 4. The average molecular weight is 432 g/mol. The molecule has 13 nitrogen and oxygen atoms in total. The van der Waals surface area contributed by atoms with Crippen LogP contribution in [0.2, 0.25) is 0 Å². The van der Waals surface area contributed by atoms with Crippen LogP contribution >= 0.6 is 0 Å². The van der Waals surface area contributed by atoms with Crippen molar-refractivity contribution < 1.29 is 34.2 Å². The Labute approximate surface area is 174 Å². The van der Waals surface area contributed by atoms with Crippen LogP contribution in [-0.4, -0.2) is 77.1 Å². The van der Waals surface area contributed by atoms with E-state index in [9.17, 15) is 24.0 Å². The molecule has 0 aromatic carbocycles. The zero-order valence-corrected chi connectivity index (χ0v) is 16.9. The molecule has 0 radical (unpaired) electrons. The van der Waals surface area contributed by atoms with Gasteiger partial charge in [0.15, 0.2) is 0 Å². The van der Waals surface area contributed by atoms with Crippen molar-refractivity contribution in [2.45, 2.75) is 63.2 Å². The number of aliphatic hydroxyl groups is 1. The summed E-state index contributed by atoms with van der Waals surface area (Å²) in [6.07, 6.45) is 0.833. The SMILES string of the molecule is CC(NC(=O)C(CCCCN)NC(=O)C(CCC(N)=O)NC(=O)C(N)CO)C(=O)O. The molecule has 0 aliphatic carbocycles. The molecule has 4 atom stereocenters. The molecule has 0 saturated carbocycles. The molecule has 4 unspecified atom stereocenters. The first-order valence-corrected chi connectivity index (χ1v) is 9.52. The predicted octanol–water partition coefficient (Wildman–Crippen LogP) is -3.74. The molecule has 0 heterocycles. The van der Waals surface area contributed by atoms with Gasteiger partial charge < -0.3 is 43.4 Å². The highest BCUT2D eigenvalue weighted by atomic mass is 16.4. The van der Waals surface area contributed by atoms with Gasteiger partial charge in [-0.3, -0.25) is 24.0 Å². The number of carboxylic acid groups (broad SMARTS) is 1. The van der Waals surface area contributed by atoms with Gasteiger partial charge in [-0.2, -0.15) is 0 Å². The van der Waals surface area contributed by atoms with Crippen LogP contribution in [0, 0.1) is 0 Å². The third-order valence-corrected chi connectivity index (χ3v) is 4.15. The monoisotopic (exact) mass is 432 g/mol.